The van der Waals surface area contributed by atoms with Crippen molar-refractivity contribution in [2.75, 3.05) is 13.1 Å². The molecule has 9 heteroatoms. The molecule has 0 radical (unpaired) electrons. The largest absolute Gasteiger partial charge is 0.480 e. The lowest BCUT2D eigenvalue weighted by atomic mass is 10.1. The summed E-state index contributed by atoms with van der Waals surface area (Å²) in [6.07, 6.45) is 2.68. The Kier molecular flexibility index (Phi) is 7.01. The maximum atomic E-state index is 12.4. The Hall–Kier alpha value is -1.08. The van der Waals surface area contributed by atoms with Crippen LogP contribution in [0.3, 0.4) is 0 Å². The topological polar surface area (TPSA) is 127 Å². The molecule has 8 nitrogen and oxygen atoms in total. The van der Waals surface area contributed by atoms with Crippen LogP contribution in [0, 0.1) is 0 Å². The minimum absolute atomic E-state index is 0.322. The zero-order chi connectivity index (χ0) is 15.1. The number of carbonyl (C=O) groups is 2. The molecular formula is C11H21N3O5P+. The number of hydrogen-bond donors (Lipinski definition) is 4. The number of amides is 1. The summed E-state index contributed by atoms with van der Waals surface area (Å²) >= 11 is 0. The van der Waals surface area contributed by atoms with Gasteiger partial charge in [0, 0.05) is 13.0 Å². The van der Waals surface area contributed by atoms with Gasteiger partial charge in [0.1, 0.15) is 6.04 Å². The molecule has 0 aromatic rings. The zero-order valence-electron chi connectivity index (χ0n) is 11.2. The lowest BCUT2D eigenvalue weighted by Gasteiger charge is -2.23. The predicted octanol–water partition coefficient (Wildman–Crippen LogP) is -0.00160. The molecule has 1 rings (SSSR count). The lowest BCUT2D eigenvalue weighted by molar-refractivity contribution is -0.774. The monoisotopic (exact) mass is 306 g/mol. The van der Waals surface area contributed by atoms with Gasteiger partial charge in [0.2, 0.25) is 0 Å². The van der Waals surface area contributed by atoms with E-state index in [9.17, 15) is 14.8 Å². The number of rotatable bonds is 7. The lowest BCUT2D eigenvalue weighted by Crippen LogP contribution is -2.48. The highest BCUT2D eigenvalue weighted by Crippen LogP contribution is 2.21. The Bertz CT molecular complexity index is 390. The molecule has 5 N–H and O–H groups in total. The maximum absolute atomic E-state index is 12.4. The van der Waals surface area contributed by atoms with Crippen LogP contribution in [0.4, 0.5) is 0 Å². The smallest absolute Gasteiger partial charge is 0.433 e. The Labute approximate surface area is 118 Å². The molecule has 0 aliphatic carbocycles. The fourth-order valence-corrected chi connectivity index (χ4v) is 2.70. The van der Waals surface area contributed by atoms with Crippen LogP contribution in [0.25, 0.3) is 0 Å². The van der Waals surface area contributed by atoms with Crippen LogP contribution in [0.15, 0.2) is 0 Å². The van der Waals surface area contributed by atoms with E-state index >= 15 is 0 Å². The number of carbonyl (C=O) groups excluding carboxylic acids is 1. The van der Waals surface area contributed by atoms with Crippen molar-refractivity contribution in [2.45, 2.75) is 44.2 Å². The van der Waals surface area contributed by atoms with Gasteiger partial charge < -0.3 is 15.7 Å². The summed E-state index contributed by atoms with van der Waals surface area (Å²) < 4.78 is 0.524. The van der Waals surface area contributed by atoms with Gasteiger partial charge in [-0.3, -0.25) is 9.69 Å². The van der Waals surface area contributed by atoms with Crippen molar-refractivity contribution in [3.8, 4) is 0 Å². The van der Waals surface area contributed by atoms with Crippen LogP contribution in [-0.2, 0) is 9.59 Å². The molecule has 1 amide bonds. The Morgan fingerprint density at radius 3 is 2.70 bits per heavy atom. The summed E-state index contributed by atoms with van der Waals surface area (Å²) in [5.41, 5.74) is 5.38. The molecule has 0 saturated carbocycles. The van der Waals surface area contributed by atoms with Crippen molar-refractivity contribution in [3.63, 3.8) is 0 Å². The molecule has 0 aromatic heterocycles. The van der Waals surface area contributed by atoms with Crippen LogP contribution in [-0.4, -0.2) is 61.6 Å². The van der Waals surface area contributed by atoms with Crippen LogP contribution in [0.2, 0.25) is 0 Å². The fraction of sp³-hybridized carbons (Fsp3) is 0.818. The average molecular weight is 306 g/mol. The van der Waals surface area contributed by atoms with Crippen molar-refractivity contribution >= 4 is 20.5 Å². The van der Waals surface area contributed by atoms with Gasteiger partial charge in [-0.2, -0.15) is 0 Å². The number of hydrogen-bond acceptors (Lipinski definition) is 3. The average Bonchev–Trinajstić information content (AvgIpc) is 2.91. The molecule has 0 spiro atoms. The molecule has 1 fully saturated rings. The normalized spacial score (nSPS) is 21.1. The number of likely N-dealkylation sites (tertiary alicyclic amines) is 1. The minimum Gasteiger partial charge on any atom is -0.480 e. The summed E-state index contributed by atoms with van der Waals surface area (Å²) in [5.74, 6) is -1.50. The first-order chi connectivity index (χ1) is 9.52. The van der Waals surface area contributed by atoms with Gasteiger partial charge in [0.25, 0.3) is 11.9 Å². The third kappa shape index (κ3) is 4.21. The van der Waals surface area contributed by atoms with Crippen molar-refractivity contribution in [2.24, 2.45) is 5.73 Å². The standard InChI is InChI=1S/C11H20N3O5P/c12-6-2-1-4-8(14(18)20-19)10(15)13-7-3-5-9(13)11(16)17/h8-9,18H,1-7,12H2,(H,16,17)/p+1/t8-,9-/m0/s1. The zero-order valence-corrected chi connectivity index (χ0v) is 12.1. The quantitative estimate of drug-likeness (QED) is 0.298. The van der Waals surface area contributed by atoms with E-state index in [0.29, 0.717) is 49.7 Å². The van der Waals surface area contributed by atoms with Gasteiger partial charge >= 0.3 is 14.6 Å². The second kappa shape index (κ2) is 8.26. The first kappa shape index (κ1) is 17.0. The minimum atomic E-state index is -1.04. The van der Waals surface area contributed by atoms with Gasteiger partial charge in [0.15, 0.2) is 0 Å². The second-order valence-electron chi connectivity index (χ2n) is 4.74. The Morgan fingerprint density at radius 1 is 1.45 bits per heavy atom. The molecule has 1 aliphatic rings. The van der Waals surface area contributed by atoms with Gasteiger partial charge in [-0.25, -0.2) is 4.79 Å². The molecular weight excluding hydrogens is 285 g/mol. The molecule has 1 aliphatic heterocycles. The third-order valence-corrected chi connectivity index (χ3v) is 3.87. The van der Waals surface area contributed by atoms with Gasteiger partial charge in [-0.1, -0.05) is 0 Å². The van der Waals surface area contributed by atoms with Crippen LogP contribution < -0.4 is 5.73 Å². The highest BCUT2D eigenvalue weighted by molar-refractivity contribution is 7.16. The van der Waals surface area contributed by atoms with E-state index < -0.39 is 32.6 Å². The number of nitrogens with zero attached hydrogens (tertiary/aromatic N) is 2. The van der Waals surface area contributed by atoms with E-state index in [4.69, 9.17) is 15.7 Å². The number of unbranched alkanes of at least 4 members (excludes halogenated alkanes) is 1. The SMILES string of the molecule is NCCCC[C@@H](C(=O)N1CCC[C@H]1C(=O)O)[N+](O)=PO. The van der Waals surface area contributed by atoms with E-state index in [1.54, 1.807) is 0 Å². The second-order valence-corrected chi connectivity index (χ2v) is 5.33. The number of aliphatic carboxylic acids is 1. The number of nitrogens with two attached hydrogens (primary N) is 1. The third-order valence-electron chi connectivity index (χ3n) is 3.41. The van der Waals surface area contributed by atoms with Crippen LogP contribution >= 0.6 is 8.60 Å². The Balaban J connectivity index is 2.79. The molecule has 114 valence electrons. The van der Waals surface area contributed by atoms with E-state index in [2.05, 4.69) is 0 Å². The van der Waals surface area contributed by atoms with Crippen LogP contribution in [0.5, 0.6) is 0 Å². The molecule has 1 saturated heterocycles. The van der Waals surface area contributed by atoms with Crippen molar-refractivity contribution in [1.82, 2.24) is 4.90 Å². The van der Waals surface area contributed by atoms with Gasteiger partial charge in [0.05, 0.1) is 0 Å². The Morgan fingerprint density at radius 2 is 2.15 bits per heavy atom. The molecule has 2 atom stereocenters. The van der Waals surface area contributed by atoms with E-state index in [-0.39, 0.29) is 0 Å². The summed E-state index contributed by atoms with van der Waals surface area (Å²) in [6.45, 7) is 0.837. The molecule has 0 unspecified atom stereocenters. The van der Waals surface area contributed by atoms with Crippen molar-refractivity contribution in [1.29, 1.82) is 0 Å². The number of carboxylic acid groups (broad SMARTS) is 1. The number of carboxylic acids is 1. The summed E-state index contributed by atoms with van der Waals surface area (Å²) in [6, 6.07) is -1.78. The van der Waals surface area contributed by atoms with E-state index in [1.165, 1.54) is 4.90 Å². The molecule has 20 heavy (non-hydrogen) atoms. The molecule has 0 aromatic carbocycles. The maximum Gasteiger partial charge on any atom is 0.433 e. The molecule has 1 heterocycles. The van der Waals surface area contributed by atoms with Crippen molar-refractivity contribution < 1.29 is 29.3 Å². The summed E-state index contributed by atoms with van der Waals surface area (Å²) in [5, 5.41) is 18.7. The first-order valence-electron chi connectivity index (χ1n) is 6.59. The first-order valence-corrected chi connectivity index (χ1v) is 7.39. The number of hydroxylamine groups is 1. The fourth-order valence-electron chi connectivity index (χ4n) is 2.36. The van der Waals surface area contributed by atoms with E-state index in [1.807, 2.05) is 0 Å². The summed E-state index contributed by atoms with van der Waals surface area (Å²) in [4.78, 5) is 33.7. The van der Waals surface area contributed by atoms with Crippen molar-refractivity contribution in [3.05, 3.63) is 0 Å². The van der Waals surface area contributed by atoms with Crippen LogP contribution in [0.1, 0.15) is 32.1 Å². The highest BCUT2D eigenvalue weighted by Gasteiger charge is 2.41. The predicted molar refractivity (Wildman–Crippen MR) is 70.2 cm³/mol. The highest BCUT2D eigenvalue weighted by atomic mass is 31.1. The van der Waals surface area contributed by atoms with Gasteiger partial charge in [-0.15, -0.1) is 5.21 Å². The summed E-state index contributed by atoms with van der Waals surface area (Å²) in [7, 11) is -0.434. The van der Waals surface area contributed by atoms with Gasteiger partial charge in [-0.05, 0) is 36.7 Å². The molecule has 0 bridgehead atoms. The van der Waals surface area contributed by atoms with E-state index in [0.717, 1.165) is 0 Å².